The maximum Gasteiger partial charge on any atom is 0.345 e. The summed E-state index contributed by atoms with van der Waals surface area (Å²) in [7, 11) is 0. The minimum atomic E-state index is -1.01. The first-order chi connectivity index (χ1) is 10.6. The zero-order valence-corrected chi connectivity index (χ0v) is 12.1. The lowest BCUT2D eigenvalue weighted by molar-refractivity contribution is 0.0702. The normalized spacial score (nSPS) is 10.5. The highest BCUT2D eigenvalue weighted by atomic mass is 32.1. The number of fused-ring (bicyclic) bond motifs is 1. The van der Waals surface area contributed by atoms with Crippen LogP contribution in [0.15, 0.2) is 36.4 Å². The molecule has 2 heterocycles. The summed E-state index contributed by atoms with van der Waals surface area (Å²) < 4.78 is 0.604. The third-order valence-electron chi connectivity index (χ3n) is 2.97. The molecule has 0 unspecified atom stereocenters. The van der Waals surface area contributed by atoms with E-state index in [2.05, 4.69) is 20.8 Å². The molecule has 0 aliphatic rings. The van der Waals surface area contributed by atoms with Gasteiger partial charge in [0.2, 0.25) is 0 Å². The topological polar surface area (TPSA) is 107 Å². The van der Waals surface area contributed by atoms with E-state index in [4.69, 9.17) is 5.11 Å². The quantitative estimate of drug-likeness (QED) is 0.593. The number of aromatic carboxylic acids is 1. The molecule has 2 aromatic heterocycles. The average molecular weight is 316 g/mol. The second-order valence-corrected chi connectivity index (χ2v) is 5.58. The fourth-order valence-corrected chi connectivity index (χ4v) is 2.83. The van der Waals surface area contributed by atoms with Gasteiger partial charge in [0.05, 0.1) is 10.2 Å². The molecule has 2 amide bonds. The predicted molar refractivity (Wildman–Crippen MR) is 83.2 cm³/mol. The van der Waals surface area contributed by atoms with Crippen LogP contribution >= 0.6 is 11.3 Å². The van der Waals surface area contributed by atoms with Gasteiger partial charge in [-0.05, 0) is 11.6 Å². The van der Waals surface area contributed by atoms with Crippen molar-refractivity contribution in [1.82, 2.24) is 15.5 Å². The van der Waals surface area contributed by atoms with Gasteiger partial charge < -0.3 is 10.4 Å². The molecule has 0 aliphatic heterocycles. The Balaban J connectivity index is 1.67. The van der Waals surface area contributed by atoms with E-state index in [0.717, 1.165) is 16.9 Å². The van der Waals surface area contributed by atoms with Crippen LogP contribution in [0.25, 0.3) is 10.2 Å². The SMILES string of the molecule is O=C(NCc1ccccc1)Nc1n[nH]c2cc(C(=O)O)sc12. The van der Waals surface area contributed by atoms with Crippen molar-refractivity contribution >= 4 is 39.4 Å². The number of carboxylic acids is 1. The summed E-state index contributed by atoms with van der Waals surface area (Å²) in [6.07, 6.45) is 0. The van der Waals surface area contributed by atoms with E-state index in [1.54, 1.807) is 0 Å². The van der Waals surface area contributed by atoms with Gasteiger partial charge in [0.15, 0.2) is 5.82 Å². The molecule has 0 saturated carbocycles. The van der Waals surface area contributed by atoms with Crippen molar-refractivity contribution in [2.75, 3.05) is 5.32 Å². The molecule has 7 nitrogen and oxygen atoms in total. The van der Waals surface area contributed by atoms with Crippen LogP contribution in [0.2, 0.25) is 0 Å². The largest absolute Gasteiger partial charge is 0.477 e. The molecular weight excluding hydrogens is 304 g/mol. The number of aromatic amines is 1. The van der Waals surface area contributed by atoms with Crippen molar-refractivity contribution < 1.29 is 14.7 Å². The standard InChI is InChI=1S/C14H12N4O3S/c19-13(20)10-6-9-11(22-10)12(18-17-9)16-14(21)15-7-8-4-2-1-3-5-8/h1-6H,7H2,(H,19,20)(H3,15,16,17,18,21). The van der Waals surface area contributed by atoms with Gasteiger partial charge in [-0.3, -0.25) is 10.4 Å². The number of nitrogens with one attached hydrogen (secondary N) is 3. The highest BCUT2D eigenvalue weighted by Gasteiger charge is 2.15. The number of hydrogen-bond donors (Lipinski definition) is 4. The summed E-state index contributed by atoms with van der Waals surface area (Å²) in [5.41, 5.74) is 1.56. The molecule has 112 valence electrons. The molecule has 0 spiro atoms. The highest BCUT2D eigenvalue weighted by molar-refractivity contribution is 7.21. The van der Waals surface area contributed by atoms with Crippen LogP contribution in [0.4, 0.5) is 10.6 Å². The van der Waals surface area contributed by atoms with Crippen molar-refractivity contribution in [3.8, 4) is 0 Å². The van der Waals surface area contributed by atoms with Gasteiger partial charge in [-0.25, -0.2) is 9.59 Å². The van der Waals surface area contributed by atoms with Crippen molar-refractivity contribution in [2.45, 2.75) is 6.54 Å². The van der Waals surface area contributed by atoms with Crippen molar-refractivity contribution in [3.05, 3.63) is 46.8 Å². The van der Waals surface area contributed by atoms with Gasteiger partial charge in [0.1, 0.15) is 4.88 Å². The number of carboxylic acid groups (broad SMARTS) is 1. The molecule has 0 atom stereocenters. The Morgan fingerprint density at radius 1 is 1.27 bits per heavy atom. The van der Waals surface area contributed by atoms with Crippen LogP contribution in [0, 0.1) is 0 Å². The van der Waals surface area contributed by atoms with Crippen LogP contribution in [0.5, 0.6) is 0 Å². The number of hydrogen-bond acceptors (Lipinski definition) is 4. The monoisotopic (exact) mass is 316 g/mol. The highest BCUT2D eigenvalue weighted by Crippen LogP contribution is 2.29. The first-order valence-corrected chi connectivity index (χ1v) is 7.25. The molecular formula is C14H12N4O3S. The Bertz CT molecular complexity index is 825. The first-order valence-electron chi connectivity index (χ1n) is 6.43. The molecule has 4 N–H and O–H groups in total. The number of carbonyl (C=O) groups is 2. The smallest absolute Gasteiger partial charge is 0.345 e. The van der Waals surface area contributed by atoms with E-state index < -0.39 is 12.0 Å². The van der Waals surface area contributed by atoms with E-state index in [1.165, 1.54) is 6.07 Å². The van der Waals surface area contributed by atoms with E-state index in [1.807, 2.05) is 30.3 Å². The van der Waals surface area contributed by atoms with Crippen LogP contribution < -0.4 is 10.6 Å². The zero-order chi connectivity index (χ0) is 15.5. The number of rotatable bonds is 4. The molecule has 0 aliphatic carbocycles. The zero-order valence-electron chi connectivity index (χ0n) is 11.3. The number of anilines is 1. The predicted octanol–water partition coefficient (Wildman–Crippen LogP) is 2.64. The Labute approximate surface area is 129 Å². The lowest BCUT2D eigenvalue weighted by Crippen LogP contribution is -2.28. The van der Waals surface area contributed by atoms with E-state index in [0.29, 0.717) is 22.6 Å². The summed E-state index contributed by atoms with van der Waals surface area (Å²) >= 11 is 1.06. The summed E-state index contributed by atoms with van der Waals surface area (Å²) in [6.45, 7) is 0.394. The minimum absolute atomic E-state index is 0.191. The van der Waals surface area contributed by atoms with Gasteiger partial charge in [-0.2, -0.15) is 5.10 Å². The number of benzene rings is 1. The lowest BCUT2D eigenvalue weighted by Gasteiger charge is -2.05. The number of amides is 2. The summed E-state index contributed by atoms with van der Waals surface area (Å²) in [5.74, 6) is -0.688. The molecule has 3 aromatic rings. The second-order valence-electron chi connectivity index (χ2n) is 4.52. The van der Waals surface area contributed by atoms with Crippen LogP contribution in [0.3, 0.4) is 0 Å². The number of H-pyrrole nitrogens is 1. The fraction of sp³-hybridized carbons (Fsp3) is 0.0714. The van der Waals surface area contributed by atoms with Crippen molar-refractivity contribution in [3.63, 3.8) is 0 Å². The van der Waals surface area contributed by atoms with E-state index >= 15 is 0 Å². The molecule has 0 radical (unpaired) electrons. The number of nitrogens with zero attached hydrogens (tertiary/aromatic N) is 1. The molecule has 0 bridgehead atoms. The third kappa shape index (κ3) is 2.91. The molecule has 8 heteroatoms. The Morgan fingerprint density at radius 3 is 2.77 bits per heavy atom. The lowest BCUT2D eigenvalue weighted by atomic mass is 10.2. The van der Waals surface area contributed by atoms with Gasteiger partial charge in [-0.1, -0.05) is 30.3 Å². The van der Waals surface area contributed by atoms with Gasteiger partial charge in [0, 0.05) is 6.54 Å². The second kappa shape index (κ2) is 5.86. The van der Waals surface area contributed by atoms with Crippen LogP contribution in [-0.2, 0) is 6.54 Å². The summed E-state index contributed by atoms with van der Waals surface area (Å²) in [6, 6.07) is 10.6. The number of carbonyl (C=O) groups excluding carboxylic acids is 1. The van der Waals surface area contributed by atoms with E-state index in [-0.39, 0.29) is 4.88 Å². The third-order valence-corrected chi connectivity index (χ3v) is 4.10. The van der Waals surface area contributed by atoms with Crippen LogP contribution in [-0.4, -0.2) is 27.3 Å². The Morgan fingerprint density at radius 2 is 2.05 bits per heavy atom. The Hall–Kier alpha value is -2.87. The number of aromatic nitrogens is 2. The number of thiophene rings is 1. The first kappa shape index (κ1) is 14.1. The number of urea groups is 1. The molecule has 22 heavy (non-hydrogen) atoms. The molecule has 0 fully saturated rings. The van der Waals surface area contributed by atoms with Gasteiger partial charge in [-0.15, -0.1) is 11.3 Å². The summed E-state index contributed by atoms with van der Waals surface area (Å²) in [4.78, 5) is 23.0. The minimum Gasteiger partial charge on any atom is -0.477 e. The van der Waals surface area contributed by atoms with Crippen molar-refractivity contribution in [1.29, 1.82) is 0 Å². The maximum absolute atomic E-state index is 11.9. The summed E-state index contributed by atoms with van der Waals surface area (Å²) in [5, 5.41) is 21.0. The average Bonchev–Trinajstić information content (AvgIpc) is 3.08. The molecule has 0 saturated heterocycles. The van der Waals surface area contributed by atoms with Gasteiger partial charge >= 0.3 is 12.0 Å². The Kier molecular flexibility index (Phi) is 3.75. The van der Waals surface area contributed by atoms with Gasteiger partial charge in [0.25, 0.3) is 0 Å². The maximum atomic E-state index is 11.9. The van der Waals surface area contributed by atoms with Crippen LogP contribution in [0.1, 0.15) is 15.2 Å². The molecule has 3 rings (SSSR count). The fourth-order valence-electron chi connectivity index (χ4n) is 1.94. The van der Waals surface area contributed by atoms with Crippen molar-refractivity contribution in [2.24, 2.45) is 0 Å². The van der Waals surface area contributed by atoms with E-state index in [9.17, 15) is 9.59 Å². The molecule has 1 aromatic carbocycles.